The van der Waals surface area contributed by atoms with Crippen LogP contribution in [0, 0.1) is 0 Å². The zero-order valence-corrected chi connectivity index (χ0v) is 60.7. The molecule has 0 aliphatic heterocycles. The van der Waals surface area contributed by atoms with Crippen LogP contribution >= 0.6 is 0 Å². The topological polar surface area (TPSA) is 95.9 Å². The van der Waals surface area contributed by atoms with E-state index in [4.69, 9.17) is 4.74 Å². The molecule has 3 N–H and O–H groups in total. The predicted molar refractivity (Wildman–Crippen MR) is 393 cm³/mol. The van der Waals surface area contributed by atoms with E-state index in [1.54, 1.807) is 0 Å². The number of rotatable bonds is 78. The molecule has 2 unspecified atom stereocenters. The molecule has 6 nitrogen and oxygen atoms in total. The Kier molecular flexibility index (Phi) is 77.3. The van der Waals surface area contributed by atoms with E-state index in [0.717, 1.165) is 44.9 Å². The Morgan fingerprint density at radius 1 is 0.303 bits per heavy atom. The van der Waals surface area contributed by atoms with Gasteiger partial charge in [-0.1, -0.05) is 404 Å². The van der Waals surface area contributed by atoms with Crippen molar-refractivity contribution in [3.05, 3.63) is 24.3 Å². The number of nitrogens with one attached hydrogen (secondary N) is 1. The van der Waals surface area contributed by atoms with Gasteiger partial charge in [0.2, 0.25) is 5.91 Å². The number of amides is 1. The maximum Gasteiger partial charge on any atom is 0.305 e. The van der Waals surface area contributed by atoms with E-state index in [1.807, 2.05) is 0 Å². The molecular weight excluding hydrogens is 1090 g/mol. The molecule has 89 heavy (non-hydrogen) atoms. The van der Waals surface area contributed by atoms with Crippen LogP contribution in [0.25, 0.3) is 0 Å². The van der Waals surface area contributed by atoms with E-state index in [-0.39, 0.29) is 18.5 Å². The Labute approximate surface area is 558 Å². The van der Waals surface area contributed by atoms with Gasteiger partial charge in [0.05, 0.1) is 25.4 Å². The molecule has 0 heterocycles. The molecule has 0 spiro atoms. The molecule has 0 saturated heterocycles. The molecule has 0 saturated carbocycles. The van der Waals surface area contributed by atoms with Gasteiger partial charge < -0.3 is 20.3 Å². The molecule has 0 radical (unpaired) electrons. The number of carbonyl (C=O) groups excluding carboxylic acids is 2. The van der Waals surface area contributed by atoms with Crippen LogP contribution < -0.4 is 5.32 Å². The van der Waals surface area contributed by atoms with Crippen molar-refractivity contribution in [1.29, 1.82) is 0 Å². The first-order valence-electron chi connectivity index (χ1n) is 41.1. The zero-order chi connectivity index (χ0) is 64.2. The van der Waals surface area contributed by atoms with Gasteiger partial charge in [-0.3, -0.25) is 9.59 Å². The number of unbranched alkanes of at least 4 members (excludes halogenated alkanes) is 63. The van der Waals surface area contributed by atoms with Gasteiger partial charge in [0.25, 0.3) is 0 Å². The molecule has 0 aliphatic carbocycles. The zero-order valence-electron chi connectivity index (χ0n) is 60.7. The molecule has 0 aromatic heterocycles. The fourth-order valence-electron chi connectivity index (χ4n) is 13.2. The van der Waals surface area contributed by atoms with Crippen molar-refractivity contribution in [1.82, 2.24) is 5.32 Å². The summed E-state index contributed by atoms with van der Waals surface area (Å²) in [5, 5.41) is 23.5. The summed E-state index contributed by atoms with van der Waals surface area (Å²) in [5.74, 6) is -0.00817. The summed E-state index contributed by atoms with van der Waals surface area (Å²) in [6, 6.07) is -0.539. The quantitative estimate of drug-likeness (QED) is 0.0320. The summed E-state index contributed by atoms with van der Waals surface area (Å²) in [6.07, 6.45) is 101. The minimum absolute atomic E-state index is 0.0180. The van der Waals surface area contributed by atoms with Crippen LogP contribution in [0.2, 0.25) is 0 Å². The minimum atomic E-state index is -0.663. The lowest BCUT2D eigenvalue weighted by Crippen LogP contribution is -2.45. The first kappa shape index (κ1) is 87.3. The van der Waals surface area contributed by atoms with Crippen molar-refractivity contribution >= 4 is 11.9 Å². The van der Waals surface area contributed by atoms with Gasteiger partial charge in [0.1, 0.15) is 0 Å². The minimum Gasteiger partial charge on any atom is -0.466 e. The Bertz CT molecular complexity index is 1400. The molecule has 1 amide bonds. The Hall–Kier alpha value is -1.66. The van der Waals surface area contributed by atoms with E-state index in [2.05, 4.69) is 43.5 Å². The predicted octanol–water partition coefficient (Wildman–Crippen LogP) is 27.2. The third kappa shape index (κ3) is 75.3. The van der Waals surface area contributed by atoms with Crippen molar-refractivity contribution in [2.75, 3.05) is 13.2 Å². The number of aliphatic hydroxyl groups excluding tert-OH is 2. The average Bonchev–Trinajstić information content (AvgIpc) is 3.57. The highest BCUT2D eigenvalue weighted by Crippen LogP contribution is 2.20. The summed E-state index contributed by atoms with van der Waals surface area (Å²) in [4.78, 5) is 24.7. The highest BCUT2D eigenvalue weighted by Gasteiger charge is 2.20. The first-order chi connectivity index (χ1) is 44.0. The molecule has 528 valence electrons. The molecule has 0 aromatic rings. The van der Waals surface area contributed by atoms with Crippen molar-refractivity contribution in [2.24, 2.45) is 0 Å². The Morgan fingerprint density at radius 2 is 0.528 bits per heavy atom. The monoisotopic (exact) mass is 1250 g/mol. The van der Waals surface area contributed by atoms with E-state index >= 15 is 0 Å². The van der Waals surface area contributed by atoms with Gasteiger partial charge in [-0.05, 0) is 77.0 Å². The Balaban J connectivity index is 3.33. The smallest absolute Gasteiger partial charge is 0.305 e. The third-order valence-corrected chi connectivity index (χ3v) is 19.5. The molecule has 6 heteroatoms. The van der Waals surface area contributed by atoms with Gasteiger partial charge in [-0.15, -0.1) is 0 Å². The molecule has 0 aromatic carbocycles. The van der Waals surface area contributed by atoms with E-state index < -0.39 is 12.1 Å². The first-order valence-corrected chi connectivity index (χ1v) is 41.1. The van der Waals surface area contributed by atoms with E-state index in [0.29, 0.717) is 25.9 Å². The molecule has 0 rings (SSSR count). The van der Waals surface area contributed by atoms with E-state index in [9.17, 15) is 19.8 Å². The van der Waals surface area contributed by atoms with Crippen LogP contribution in [0.1, 0.15) is 470 Å². The van der Waals surface area contributed by atoms with Gasteiger partial charge in [0, 0.05) is 12.8 Å². The fraction of sp³-hybridized carbons (Fsp3) is 0.928. The standard InChI is InChI=1S/C83H161NO5/c1-3-5-7-9-11-13-15-17-19-21-22-40-44-47-51-55-59-63-67-71-75-81(86)80(79-85)84-82(87)76-72-68-64-60-56-52-48-45-41-38-36-34-32-30-28-26-24-23-25-27-29-31-33-35-37-39-42-46-50-54-58-62-66-70-74-78-89-83(88)77-73-69-65-61-57-53-49-43-20-18-16-14-12-10-8-6-4-2/h18,20,25,27,80-81,85-86H,3-17,19,21-24,26,28-79H2,1-2H3,(H,84,87)/b20-18-,27-25-. The summed E-state index contributed by atoms with van der Waals surface area (Å²) < 4.78 is 5.51. The van der Waals surface area contributed by atoms with Gasteiger partial charge in [0.15, 0.2) is 0 Å². The van der Waals surface area contributed by atoms with Crippen LogP contribution in [0.3, 0.4) is 0 Å². The number of aliphatic hydroxyl groups is 2. The SMILES string of the molecule is CCCCCCCC/C=C\CCCCCCCCCC(=O)OCCCCCCCCCCCCCCCC/C=C\CCCCCCCCCCCCCCCCCCCC(=O)NC(CO)C(O)CCCCCCCCCCCCCCCCCCCCCC. The van der Waals surface area contributed by atoms with Crippen LogP contribution in [0.4, 0.5) is 0 Å². The number of ether oxygens (including phenoxy) is 1. The molecule has 0 aliphatic rings. The average molecular weight is 1250 g/mol. The van der Waals surface area contributed by atoms with Crippen LogP contribution in [0.15, 0.2) is 24.3 Å². The lowest BCUT2D eigenvalue weighted by molar-refractivity contribution is -0.143. The lowest BCUT2D eigenvalue weighted by Gasteiger charge is -2.22. The maximum atomic E-state index is 12.6. The highest BCUT2D eigenvalue weighted by molar-refractivity contribution is 5.76. The van der Waals surface area contributed by atoms with Crippen LogP contribution in [0.5, 0.6) is 0 Å². The maximum absolute atomic E-state index is 12.6. The number of esters is 1. The fourth-order valence-corrected chi connectivity index (χ4v) is 13.2. The summed E-state index contributed by atoms with van der Waals surface area (Å²) in [5.41, 5.74) is 0. The largest absolute Gasteiger partial charge is 0.466 e. The van der Waals surface area contributed by atoms with Gasteiger partial charge in [-0.2, -0.15) is 0 Å². The normalized spacial score (nSPS) is 12.5. The molecule has 2 atom stereocenters. The summed E-state index contributed by atoms with van der Waals surface area (Å²) in [6.45, 7) is 5.00. The molecule has 0 bridgehead atoms. The van der Waals surface area contributed by atoms with Crippen LogP contribution in [-0.2, 0) is 14.3 Å². The second-order valence-electron chi connectivity index (χ2n) is 28.5. The number of hydrogen-bond donors (Lipinski definition) is 3. The molecular formula is C83H161NO5. The Morgan fingerprint density at radius 3 is 0.798 bits per heavy atom. The number of carbonyl (C=O) groups is 2. The van der Waals surface area contributed by atoms with Crippen molar-refractivity contribution in [2.45, 2.75) is 482 Å². The number of hydrogen-bond acceptors (Lipinski definition) is 5. The summed E-state index contributed by atoms with van der Waals surface area (Å²) in [7, 11) is 0. The van der Waals surface area contributed by atoms with Crippen LogP contribution in [-0.4, -0.2) is 47.4 Å². The van der Waals surface area contributed by atoms with Gasteiger partial charge in [-0.25, -0.2) is 0 Å². The van der Waals surface area contributed by atoms with Crippen molar-refractivity contribution in [3.8, 4) is 0 Å². The van der Waals surface area contributed by atoms with E-state index in [1.165, 1.54) is 392 Å². The van der Waals surface area contributed by atoms with Crippen molar-refractivity contribution < 1.29 is 24.5 Å². The second-order valence-corrected chi connectivity index (χ2v) is 28.5. The summed E-state index contributed by atoms with van der Waals surface area (Å²) >= 11 is 0. The third-order valence-electron chi connectivity index (χ3n) is 19.5. The lowest BCUT2D eigenvalue weighted by atomic mass is 10.0. The highest BCUT2D eigenvalue weighted by atomic mass is 16.5. The molecule has 0 fully saturated rings. The number of allylic oxidation sites excluding steroid dienone is 4. The second kappa shape index (κ2) is 78.8. The van der Waals surface area contributed by atoms with Gasteiger partial charge >= 0.3 is 5.97 Å². The van der Waals surface area contributed by atoms with Crippen molar-refractivity contribution in [3.63, 3.8) is 0 Å².